The van der Waals surface area contributed by atoms with Crippen molar-refractivity contribution in [3.63, 3.8) is 0 Å². The van der Waals surface area contributed by atoms with Crippen molar-refractivity contribution in [2.45, 2.75) is 26.5 Å². The highest BCUT2D eigenvalue weighted by atomic mass is 16.7. The number of piperazine rings is 1. The van der Waals surface area contributed by atoms with Gasteiger partial charge in [0.15, 0.2) is 17.3 Å². The minimum atomic E-state index is -0.0729. The van der Waals surface area contributed by atoms with Gasteiger partial charge < -0.3 is 23.5 Å². The molecule has 0 unspecified atom stereocenters. The molecule has 33 heavy (non-hydrogen) atoms. The number of carbonyl (C=O) groups excluding carboxylic acids is 1. The Labute approximate surface area is 193 Å². The van der Waals surface area contributed by atoms with Crippen molar-refractivity contribution < 1.29 is 23.4 Å². The minimum absolute atomic E-state index is 0.0729. The van der Waals surface area contributed by atoms with Gasteiger partial charge in [0.1, 0.15) is 18.1 Å². The number of fused-ring (bicyclic) bond motifs is 1. The summed E-state index contributed by atoms with van der Waals surface area (Å²) in [6.45, 7) is 6.47. The van der Waals surface area contributed by atoms with Crippen LogP contribution < -0.4 is 14.2 Å². The molecule has 0 atom stereocenters. The van der Waals surface area contributed by atoms with E-state index in [0.29, 0.717) is 31.2 Å². The van der Waals surface area contributed by atoms with E-state index < -0.39 is 0 Å². The van der Waals surface area contributed by atoms with Gasteiger partial charge in [-0.05, 0) is 53.9 Å². The molecule has 0 radical (unpaired) electrons. The molecule has 3 heterocycles. The van der Waals surface area contributed by atoms with E-state index in [1.54, 1.807) is 6.07 Å². The van der Waals surface area contributed by atoms with Crippen molar-refractivity contribution in [3.05, 3.63) is 77.2 Å². The lowest BCUT2D eigenvalue weighted by Gasteiger charge is -2.34. The lowest BCUT2D eigenvalue weighted by atomic mass is 10.1. The second kappa shape index (κ2) is 9.58. The van der Waals surface area contributed by atoms with Gasteiger partial charge in [0, 0.05) is 32.7 Å². The third kappa shape index (κ3) is 4.98. The van der Waals surface area contributed by atoms with E-state index in [2.05, 4.69) is 30.0 Å². The first kappa shape index (κ1) is 21.4. The quantitative estimate of drug-likeness (QED) is 0.542. The molecule has 5 rings (SSSR count). The Hall–Kier alpha value is -3.45. The van der Waals surface area contributed by atoms with Crippen LogP contribution >= 0.6 is 0 Å². The highest BCUT2D eigenvalue weighted by Crippen LogP contribution is 2.32. The summed E-state index contributed by atoms with van der Waals surface area (Å²) >= 11 is 0. The maximum Gasteiger partial charge on any atom is 0.289 e. The molecule has 2 aliphatic heterocycles. The van der Waals surface area contributed by atoms with E-state index in [9.17, 15) is 4.79 Å². The van der Waals surface area contributed by atoms with Gasteiger partial charge in [0.05, 0.1) is 0 Å². The van der Waals surface area contributed by atoms with Crippen LogP contribution in [0.2, 0.25) is 0 Å². The number of aryl methyl sites for hydroxylation is 1. The van der Waals surface area contributed by atoms with Crippen molar-refractivity contribution >= 4 is 5.91 Å². The van der Waals surface area contributed by atoms with Crippen molar-refractivity contribution in [2.75, 3.05) is 33.0 Å². The first-order chi connectivity index (χ1) is 16.2. The Bertz CT molecular complexity index is 1100. The van der Waals surface area contributed by atoms with Gasteiger partial charge in [0.2, 0.25) is 6.79 Å². The van der Waals surface area contributed by atoms with Gasteiger partial charge in [0.25, 0.3) is 5.91 Å². The smallest absolute Gasteiger partial charge is 0.289 e. The van der Waals surface area contributed by atoms with Crippen LogP contribution in [0.1, 0.15) is 34.4 Å². The molecule has 0 saturated carbocycles. The minimum Gasteiger partial charge on any atom is -0.486 e. The molecular formula is C26H28N2O5. The molecule has 1 amide bonds. The van der Waals surface area contributed by atoms with E-state index in [4.69, 9.17) is 18.6 Å². The maximum absolute atomic E-state index is 12.9. The first-order valence-electron chi connectivity index (χ1n) is 11.4. The van der Waals surface area contributed by atoms with Crippen LogP contribution in [0, 0.1) is 0 Å². The highest BCUT2D eigenvalue weighted by molar-refractivity contribution is 5.91. The molecule has 0 bridgehead atoms. The average Bonchev–Trinajstić information content (AvgIpc) is 3.52. The van der Waals surface area contributed by atoms with Crippen molar-refractivity contribution in [3.8, 4) is 17.2 Å². The zero-order valence-corrected chi connectivity index (χ0v) is 18.8. The fourth-order valence-corrected chi connectivity index (χ4v) is 4.11. The molecule has 2 aromatic carbocycles. The van der Waals surface area contributed by atoms with E-state index in [-0.39, 0.29) is 12.7 Å². The van der Waals surface area contributed by atoms with E-state index in [1.165, 1.54) is 11.1 Å². The first-order valence-corrected chi connectivity index (χ1v) is 11.4. The topological polar surface area (TPSA) is 64.4 Å². The number of hydrogen-bond donors (Lipinski definition) is 0. The summed E-state index contributed by atoms with van der Waals surface area (Å²) in [5, 5.41) is 0. The normalized spacial score (nSPS) is 15.6. The summed E-state index contributed by atoms with van der Waals surface area (Å²) in [6, 6.07) is 17.6. The van der Waals surface area contributed by atoms with Crippen molar-refractivity contribution in [1.82, 2.24) is 9.80 Å². The number of amides is 1. The zero-order valence-electron chi connectivity index (χ0n) is 18.8. The van der Waals surface area contributed by atoms with Gasteiger partial charge in [-0.3, -0.25) is 9.69 Å². The average molecular weight is 449 g/mol. The number of hydrogen-bond acceptors (Lipinski definition) is 6. The number of benzene rings is 2. The van der Waals surface area contributed by atoms with Crippen LogP contribution in [-0.2, 0) is 19.6 Å². The summed E-state index contributed by atoms with van der Waals surface area (Å²) in [4.78, 5) is 17.1. The molecule has 2 aliphatic rings. The highest BCUT2D eigenvalue weighted by Gasteiger charge is 2.25. The number of ether oxygens (including phenoxy) is 3. The summed E-state index contributed by atoms with van der Waals surface area (Å²) in [5.74, 6) is 3.31. The molecule has 7 heteroatoms. The molecule has 1 aromatic heterocycles. The van der Waals surface area contributed by atoms with Crippen LogP contribution in [0.3, 0.4) is 0 Å². The Morgan fingerprint density at radius 2 is 1.67 bits per heavy atom. The number of furan rings is 1. The maximum atomic E-state index is 12.9. The zero-order chi connectivity index (χ0) is 22.6. The molecule has 172 valence electrons. The molecule has 7 nitrogen and oxygen atoms in total. The third-order valence-electron chi connectivity index (χ3n) is 6.09. The van der Waals surface area contributed by atoms with Crippen LogP contribution in [0.25, 0.3) is 0 Å². The fraction of sp³-hybridized carbons (Fsp3) is 0.346. The Morgan fingerprint density at radius 1 is 0.909 bits per heavy atom. The van der Waals surface area contributed by atoms with Gasteiger partial charge in [-0.15, -0.1) is 0 Å². The van der Waals surface area contributed by atoms with Crippen LogP contribution in [0.4, 0.5) is 0 Å². The predicted octanol–water partition coefficient (Wildman–Crippen LogP) is 4.11. The summed E-state index contributed by atoms with van der Waals surface area (Å²) in [6.07, 6.45) is 0.997. The number of carbonyl (C=O) groups is 1. The van der Waals surface area contributed by atoms with Crippen LogP contribution in [-0.4, -0.2) is 48.7 Å². The summed E-state index contributed by atoms with van der Waals surface area (Å²) in [7, 11) is 0. The Morgan fingerprint density at radius 3 is 2.45 bits per heavy atom. The molecular weight excluding hydrogens is 420 g/mol. The third-order valence-corrected chi connectivity index (χ3v) is 6.09. The van der Waals surface area contributed by atoms with Gasteiger partial charge in [-0.2, -0.15) is 0 Å². The molecule has 0 aliphatic carbocycles. The summed E-state index contributed by atoms with van der Waals surface area (Å²) < 4.78 is 22.4. The standard InChI is InChI=1S/C26H28N2O5/c1-2-19-3-6-21(7-4-19)30-17-22-8-10-24(33-22)26(29)28-13-11-27(12-14-28)16-20-5-9-23-25(15-20)32-18-31-23/h3-10,15H,2,11-14,16-18H2,1H3. The second-order valence-corrected chi connectivity index (χ2v) is 8.31. The molecule has 1 saturated heterocycles. The molecule has 1 fully saturated rings. The Balaban J connectivity index is 1.11. The van der Waals surface area contributed by atoms with E-state index in [1.807, 2.05) is 35.2 Å². The Kier molecular flexibility index (Phi) is 6.21. The second-order valence-electron chi connectivity index (χ2n) is 8.31. The van der Waals surface area contributed by atoms with Gasteiger partial charge >= 0.3 is 0 Å². The van der Waals surface area contributed by atoms with Gasteiger partial charge in [-0.25, -0.2) is 0 Å². The van der Waals surface area contributed by atoms with Crippen LogP contribution in [0.15, 0.2) is 59.0 Å². The molecule has 3 aromatic rings. The van der Waals surface area contributed by atoms with Crippen molar-refractivity contribution in [1.29, 1.82) is 0 Å². The monoisotopic (exact) mass is 448 g/mol. The van der Waals surface area contributed by atoms with Gasteiger partial charge in [-0.1, -0.05) is 25.1 Å². The van der Waals surface area contributed by atoms with Crippen molar-refractivity contribution in [2.24, 2.45) is 0 Å². The largest absolute Gasteiger partial charge is 0.486 e. The lowest BCUT2D eigenvalue weighted by molar-refractivity contribution is 0.0594. The number of rotatable bonds is 7. The van der Waals surface area contributed by atoms with Crippen LogP contribution in [0.5, 0.6) is 17.2 Å². The summed E-state index contributed by atoms with van der Waals surface area (Å²) in [5.41, 5.74) is 2.45. The van der Waals surface area contributed by atoms with E-state index in [0.717, 1.165) is 43.3 Å². The molecule has 0 N–H and O–H groups in total. The number of nitrogens with zero attached hydrogens (tertiary/aromatic N) is 2. The lowest BCUT2D eigenvalue weighted by Crippen LogP contribution is -2.48. The fourth-order valence-electron chi connectivity index (χ4n) is 4.11. The van der Waals surface area contributed by atoms with E-state index >= 15 is 0 Å². The molecule has 0 spiro atoms. The SMILES string of the molecule is CCc1ccc(OCc2ccc(C(=O)N3CCN(Cc4ccc5c(c4)OCO5)CC3)o2)cc1. The predicted molar refractivity (Wildman–Crippen MR) is 123 cm³/mol.